The van der Waals surface area contributed by atoms with Crippen molar-refractivity contribution in [2.75, 3.05) is 6.54 Å². The summed E-state index contributed by atoms with van der Waals surface area (Å²) < 4.78 is 3.71. The lowest BCUT2D eigenvalue weighted by atomic mass is 10.1. The van der Waals surface area contributed by atoms with Gasteiger partial charge in [-0.2, -0.15) is 10.2 Å². The predicted molar refractivity (Wildman–Crippen MR) is 89.4 cm³/mol. The summed E-state index contributed by atoms with van der Waals surface area (Å²) in [4.78, 5) is 16.5. The molecule has 3 heterocycles. The van der Waals surface area contributed by atoms with Crippen LogP contribution in [0.3, 0.4) is 0 Å². The quantitative estimate of drug-likeness (QED) is 0.785. The Kier molecular flexibility index (Phi) is 5.12. The van der Waals surface area contributed by atoms with Crippen molar-refractivity contribution in [3.05, 3.63) is 29.6 Å². The predicted octanol–water partition coefficient (Wildman–Crippen LogP) is 1.48. The van der Waals surface area contributed by atoms with Crippen molar-refractivity contribution in [3.8, 4) is 0 Å². The van der Waals surface area contributed by atoms with Gasteiger partial charge in [0.05, 0.1) is 12.2 Å². The van der Waals surface area contributed by atoms with Gasteiger partial charge in [0.15, 0.2) is 0 Å². The molecule has 8 nitrogen and oxygen atoms in total. The first-order valence-corrected chi connectivity index (χ1v) is 8.55. The van der Waals surface area contributed by atoms with Gasteiger partial charge in [-0.05, 0) is 44.6 Å². The monoisotopic (exact) mass is 331 g/mol. The highest BCUT2D eigenvalue weighted by Crippen LogP contribution is 2.22. The molecule has 2 aromatic heterocycles. The van der Waals surface area contributed by atoms with Crippen LogP contribution >= 0.6 is 0 Å². The number of fused-ring (bicyclic) bond motifs is 1. The first-order chi connectivity index (χ1) is 11.6. The van der Waals surface area contributed by atoms with E-state index >= 15 is 0 Å². The molecule has 1 aliphatic rings. The lowest BCUT2D eigenvalue weighted by Crippen LogP contribution is -2.40. The van der Waals surface area contributed by atoms with Crippen molar-refractivity contribution in [2.24, 2.45) is 7.05 Å². The van der Waals surface area contributed by atoms with Gasteiger partial charge in [-0.1, -0.05) is 0 Å². The van der Waals surface area contributed by atoms with E-state index in [2.05, 4.69) is 25.8 Å². The third kappa shape index (κ3) is 4.12. The molecule has 1 unspecified atom stereocenters. The van der Waals surface area contributed by atoms with Crippen molar-refractivity contribution < 1.29 is 4.79 Å². The van der Waals surface area contributed by atoms with Gasteiger partial charge in [0.1, 0.15) is 11.6 Å². The summed E-state index contributed by atoms with van der Waals surface area (Å²) in [6, 6.07) is -0.175. The van der Waals surface area contributed by atoms with Crippen molar-refractivity contribution in [1.29, 1.82) is 0 Å². The van der Waals surface area contributed by atoms with E-state index in [0.717, 1.165) is 50.3 Å². The lowest BCUT2D eigenvalue weighted by Gasteiger charge is -2.23. The SMILES string of the molecule is Cc1nc2n(n1)CCCC2NC(=O)NCCCCc1cnn(C)c1. The first kappa shape index (κ1) is 16.5. The Labute approximate surface area is 141 Å². The molecule has 130 valence electrons. The van der Waals surface area contributed by atoms with Gasteiger partial charge >= 0.3 is 6.03 Å². The average molecular weight is 331 g/mol. The Morgan fingerprint density at radius 3 is 3.08 bits per heavy atom. The summed E-state index contributed by atoms with van der Waals surface area (Å²) in [6.07, 6.45) is 8.80. The third-order valence-electron chi connectivity index (χ3n) is 4.22. The van der Waals surface area contributed by atoms with Gasteiger partial charge < -0.3 is 10.6 Å². The number of urea groups is 1. The van der Waals surface area contributed by atoms with Crippen LogP contribution in [0.15, 0.2) is 12.4 Å². The van der Waals surface area contributed by atoms with Gasteiger partial charge in [-0.25, -0.2) is 14.5 Å². The zero-order valence-corrected chi connectivity index (χ0v) is 14.3. The minimum absolute atomic E-state index is 0.0460. The lowest BCUT2D eigenvalue weighted by molar-refractivity contribution is 0.232. The molecule has 3 rings (SSSR count). The van der Waals surface area contributed by atoms with Gasteiger partial charge in [0.25, 0.3) is 0 Å². The molecule has 0 fully saturated rings. The van der Waals surface area contributed by atoms with Crippen LogP contribution in [-0.2, 0) is 20.0 Å². The van der Waals surface area contributed by atoms with E-state index in [9.17, 15) is 4.79 Å². The fraction of sp³-hybridized carbons (Fsp3) is 0.625. The van der Waals surface area contributed by atoms with Crippen LogP contribution in [0.5, 0.6) is 0 Å². The highest BCUT2D eigenvalue weighted by molar-refractivity contribution is 5.74. The number of amides is 2. The molecule has 2 amide bonds. The number of nitrogens with zero attached hydrogens (tertiary/aromatic N) is 5. The van der Waals surface area contributed by atoms with E-state index < -0.39 is 0 Å². The molecule has 0 saturated heterocycles. The minimum atomic E-state index is -0.129. The number of carbonyl (C=O) groups is 1. The summed E-state index contributed by atoms with van der Waals surface area (Å²) in [5.74, 6) is 1.62. The van der Waals surface area contributed by atoms with Crippen LogP contribution in [0.25, 0.3) is 0 Å². The molecule has 0 radical (unpaired) electrons. The number of aryl methyl sites for hydroxylation is 4. The largest absolute Gasteiger partial charge is 0.338 e. The Morgan fingerprint density at radius 1 is 1.42 bits per heavy atom. The standard InChI is InChI=1S/C16H25N7O/c1-12-19-15-14(7-5-9-23(15)21-12)20-16(24)17-8-4-3-6-13-10-18-22(2)11-13/h10-11,14H,3-9H2,1-2H3,(H2,17,20,24). The number of nitrogens with one attached hydrogen (secondary N) is 2. The average Bonchev–Trinajstić information content (AvgIpc) is 3.12. The van der Waals surface area contributed by atoms with Gasteiger partial charge in [-0.3, -0.25) is 4.68 Å². The summed E-state index contributed by atoms with van der Waals surface area (Å²) >= 11 is 0. The fourth-order valence-corrected chi connectivity index (χ4v) is 3.07. The summed E-state index contributed by atoms with van der Waals surface area (Å²) in [5, 5.41) is 14.4. The Bertz CT molecular complexity index is 690. The molecule has 8 heteroatoms. The van der Waals surface area contributed by atoms with E-state index in [0.29, 0.717) is 6.54 Å². The molecule has 1 aliphatic heterocycles. The van der Waals surface area contributed by atoms with Crippen LogP contribution in [0.1, 0.15) is 48.9 Å². The van der Waals surface area contributed by atoms with Gasteiger partial charge in [-0.15, -0.1) is 0 Å². The van der Waals surface area contributed by atoms with Crippen LogP contribution in [-0.4, -0.2) is 37.1 Å². The highest BCUT2D eigenvalue weighted by atomic mass is 16.2. The molecule has 1 atom stereocenters. The maximum atomic E-state index is 12.1. The number of aromatic nitrogens is 5. The molecule has 2 aromatic rings. The second-order valence-electron chi connectivity index (χ2n) is 6.31. The number of hydrogen-bond acceptors (Lipinski definition) is 4. The topological polar surface area (TPSA) is 89.7 Å². The van der Waals surface area contributed by atoms with Crippen LogP contribution < -0.4 is 10.6 Å². The van der Waals surface area contributed by atoms with Crippen molar-refractivity contribution in [2.45, 2.75) is 51.6 Å². The van der Waals surface area contributed by atoms with E-state index in [4.69, 9.17) is 0 Å². The van der Waals surface area contributed by atoms with E-state index in [1.165, 1.54) is 5.56 Å². The van der Waals surface area contributed by atoms with Crippen molar-refractivity contribution in [3.63, 3.8) is 0 Å². The number of unbranched alkanes of at least 4 members (excludes halogenated alkanes) is 1. The Balaban J connectivity index is 1.37. The zero-order valence-electron chi connectivity index (χ0n) is 14.3. The van der Waals surface area contributed by atoms with Crippen molar-refractivity contribution >= 4 is 6.03 Å². The molecule has 0 aromatic carbocycles. The smallest absolute Gasteiger partial charge is 0.315 e. The van der Waals surface area contributed by atoms with Gasteiger partial charge in [0.2, 0.25) is 0 Å². The van der Waals surface area contributed by atoms with Gasteiger partial charge in [0, 0.05) is 26.3 Å². The normalized spacial score (nSPS) is 16.7. The molecular formula is C16H25N7O. The highest BCUT2D eigenvalue weighted by Gasteiger charge is 2.24. The summed E-state index contributed by atoms with van der Waals surface area (Å²) in [7, 11) is 1.92. The van der Waals surface area contributed by atoms with E-state index in [-0.39, 0.29) is 12.1 Å². The van der Waals surface area contributed by atoms with Crippen molar-refractivity contribution in [1.82, 2.24) is 35.2 Å². The van der Waals surface area contributed by atoms with Crippen LogP contribution in [0, 0.1) is 6.92 Å². The molecule has 0 bridgehead atoms. The summed E-state index contributed by atoms with van der Waals surface area (Å²) in [5.41, 5.74) is 1.24. The molecule has 2 N–H and O–H groups in total. The first-order valence-electron chi connectivity index (χ1n) is 8.55. The second-order valence-corrected chi connectivity index (χ2v) is 6.31. The number of hydrogen-bond donors (Lipinski definition) is 2. The molecular weight excluding hydrogens is 306 g/mol. The number of rotatable bonds is 6. The maximum Gasteiger partial charge on any atom is 0.315 e. The molecule has 0 saturated carbocycles. The Morgan fingerprint density at radius 2 is 2.29 bits per heavy atom. The van der Waals surface area contributed by atoms with Crippen LogP contribution in [0.4, 0.5) is 4.79 Å². The zero-order chi connectivity index (χ0) is 16.9. The van der Waals surface area contributed by atoms with Crippen LogP contribution in [0.2, 0.25) is 0 Å². The summed E-state index contributed by atoms with van der Waals surface area (Å²) in [6.45, 7) is 3.43. The van der Waals surface area contributed by atoms with E-state index in [1.807, 2.05) is 35.7 Å². The fourth-order valence-electron chi connectivity index (χ4n) is 3.07. The minimum Gasteiger partial charge on any atom is -0.338 e. The molecule has 24 heavy (non-hydrogen) atoms. The maximum absolute atomic E-state index is 12.1. The molecule has 0 spiro atoms. The Hall–Kier alpha value is -2.38. The number of carbonyl (C=O) groups excluding carboxylic acids is 1. The second kappa shape index (κ2) is 7.46. The third-order valence-corrected chi connectivity index (χ3v) is 4.22. The molecule has 0 aliphatic carbocycles. The van der Waals surface area contributed by atoms with E-state index in [1.54, 1.807) is 0 Å².